The van der Waals surface area contributed by atoms with Crippen LogP contribution in [0.4, 0.5) is 36.8 Å². The van der Waals surface area contributed by atoms with Crippen LogP contribution in [0.1, 0.15) is 67.4 Å². The van der Waals surface area contributed by atoms with E-state index in [1.807, 2.05) is 0 Å². The predicted molar refractivity (Wildman–Crippen MR) is 134 cm³/mol. The molecule has 2 aliphatic carbocycles. The predicted octanol–water partition coefficient (Wildman–Crippen LogP) is 7.94. The van der Waals surface area contributed by atoms with Crippen molar-refractivity contribution in [3.05, 3.63) is 74.3 Å². The Morgan fingerprint density at radius 1 is 1.05 bits per heavy atom. The molecule has 2 atom stereocenters. The molecular weight excluding hydrogens is 558 g/mol. The van der Waals surface area contributed by atoms with E-state index in [9.17, 15) is 41.3 Å². The molecule has 0 aromatic heterocycles. The number of non-ortho nitro benzene ring substituents is 1. The van der Waals surface area contributed by atoms with Crippen molar-refractivity contribution in [2.45, 2.75) is 63.5 Å². The molecule has 3 aliphatic rings. The van der Waals surface area contributed by atoms with Crippen molar-refractivity contribution in [3.8, 4) is 5.75 Å². The zero-order valence-electron chi connectivity index (χ0n) is 22.1. The molecule has 2 unspecified atom stereocenters. The molecule has 2 aromatic rings. The van der Waals surface area contributed by atoms with Gasteiger partial charge in [0.05, 0.1) is 29.2 Å². The summed E-state index contributed by atoms with van der Waals surface area (Å²) < 4.78 is 91.6. The van der Waals surface area contributed by atoms with E-state index >= 15 is 0 Å². The summed E-state index contributed by atoms with van der Waals surface area (Å²) in [6, 6.07) is 4.51. The topological polar surface area (TPSA) is 81.9 Å². The summed E-state index contributed by atoms with van der Waals surface area (Å²) in [5.41, 5.74) is -1.41. The SMILES string of the molecule is COc1ccc([N+](=O)[O-])cc1C1=C(CN2C(=O)OC(c3cc(C(F)(F)F)cc(C(F)(F)F)c3)C2C)CC2(CC1)CC2. The van der Waals surface area contributed by atoms with Crippen LogP contribution in [-0.2, 0) is 17.1 Å². The number of carbonyl (C=O) groups is 1. The Balaban J connectivity index is 1.52. The highest BCUT2D eigenvalue weighted by Crippen LogP contribution is 2.59. The number of benzene rings is 2. The number of nitro benzene ring substituents is 1. The number of allylic oxidation sites excluding steroid dienone is 1. The van der Waals surface area contributed by atoms with Gasteiger partial charge in [-0.25, -0.2) is 4.79 Å². The van der Waals surface area contributed by atoms with Gasteiger partial charge in [-0.2, -0.15) is 26.3 Å². The molecule has 1 spiro atoms. The number of hydrogen-bond acceptors (Lipinski definition) is 5. The van der Waals surface area contributed by atoms with Gasteiger partial charge in [-0.05, 0) is 85.4 Å². The number of cyclic esters (lactones) is 1. The van der Waals surface area contributed by atoms with Gasteiger partial charge in [0.15, 0.2) is 0 Å². The van der Waals surface area contributed by atoms with Crippen LogP contribution in [0.5, 0.6) is 5.75 Å². The minimum atomic E-state index is -5.04. The Hall–Kier alpha value is -3.77. The van der Waals surface area contributed by atoms with Crippen molar-refractivity contribution >= 4 is 17.4 Å². The smallest absolute Gasteiger partial charge is 0.416 e. The number of nitrogens with zero attached hydrogens (tertiary/aromatic N) is 2. The fraction of sp³-hybridized carbons (Fsp3) is 0.464. The van der Waals surface area contributed by atoms with Crippen molar-refractivity contribution in [1.82, 2.24) is 4.90 Å². The minimum absolute atomic E-state index is 0.00448. The molecule has 1 heterocycles. The molecule has 2 aromatic carbocycles. The average Bonchev–Trinajstić information content (AvgIpc) is 3.59. The Bertz CT molecular complexity index is 1400. The number of methoxy groups -OCH3 is 1. The Morgan fingerprint density at radius 2 is 1.68 bits per heavy atom. The quantitative estimate of drug-likeness (QED) is 0.196. The summed E-state index contributed by atoms with van der Waals surface area (Å²) in [4.78, 5) is 25.3. The van der Waals surface area contributed by atoms with Crippen LogP contribution in [0.2, 0.25) is 0 Å². The number of hydrogen-bond donors (Lipinski definition) is 0. The van der Waals surface area contributed by atoms with Gasteiger partial charge in [0.1, 0.15) is 11.9 Å². The number of halogens is 6. The number of alkyl halides is 6. The lowest BCUT2D eigenvalue weighted by Gasteiger charge is -2.31. The van der Waals surface area contributed by atoms with E-state index < -0.39 is 52.2 Å². The van der Waals surface area contributed by atoms with Crippen molar-refractivity contribution in [2.75, 3.05) is 13.7 Å². The van der Waals surface area contributed by atoms with E-state index in [1.165, 1.54) is 37.1 Å². The summed E-state index contributed by atoms with van der Waals surface area (Å²) in [7, 11) is 1.44. The van der Waals surface area contributed by atoms with Crippen LogP contribution in [0.15, 0.2) is 42.0 Å². The molecule has 0 N–H and O–H groups in total. The van der Waals surface area contributed by atoms with E-state index in [4.69, 9.17) is 9.47 Å². The van der Waals surface area contributed by atoms with Crippen LogP contribution >= 0.6 is 0 Å². The first kappa shape index (κ1) is 28.7. The summed E-state index contributed by atoms with van der Waals surface area (Å²) in [6.07, 6.45) is -8.38. The maximum absolute atomic E-state index is 13.5. The lowest BCUT2D eigenvalue weighted by atomic mass is 9.78. The fourth-order valence-corrected chi connectivity index (χ4v) is 5.85. The third kappa shape index (κ3) is 5.58. The largest absolute Gasteiger partial charge is 0.496 e. The molecule has 5 rings (SSSR count). The van der Waals surface area contributed by atoms with Crippen molar-refractivity contribution in [2.24, 2.45) is 5.41 Å². The first-order valence-electron chi connectivity index (χ1n) is 12.9. The first-order chi connectivity index (χ1) is 19.1. The van der Waals surface area contributed by atoms with Gasteiger partial charge in [-0.1, -0.05) is 0 Å². The molecule has 220 valence electrons. The minimum Gasteiger partial charge on any atom is -0.496 e. The lowest BCUT2D eigenvalue weighted by Crippen LogP contribution is -2.35. The number of ether oxygens (including phenoxy) is 2. The second-order valence-corrected chi connectivity index (χ2v) is 10.9. The van der Waals surface area contributed by atoms with Crippen LogP contribution in [0, 0.1) is 15.5 Å². The van der Waals surface area contributed by atoms with E-state index in [2.05, 4.69) is 0 Å². The third-order valence-corrected chi connectivity index (χ3v) is 8.29. The van der Waals surface area contributed by atoms with Gasteiger partial charge < -0.3 is 9.47 Å². The first-order valence-corrected chi connectivity index (χ1v) is 12.9. The van der Waals surface area contributed by atoms with Crippen molar-refractivity contribution in [1.29, 1.82) is 0 Å². The lowest BCUT2D eigenvalue weighted by molar-refractivity contribution is -0.384. The summed E-state index contributed by atoms with van der Waals surface area (Å²) in [5, 5.41) is 11.5. The van der Waals surface area contributed by atoms with Crippen LogP contribution in [-0.4, -0.2) is 35.6 Å². The second-order valence-electron chi connectivity index (χ2n) is 10.9. The average molecular weight is 585 g/mol. The standard InChI is InChI=1S/C28H26F6N2O5/c1-15-24(16-9-18(27(29,30)31)11-19(10-16)28(32,33)34)41-25(37)35(15)14-17-13-26(7-8-26)6-5-21(17)22-12-20(36(38)39)3-4-23(22)40-2/h3-4,9-12,15,24H,5-8,13-14H2,1-2H3. The van der Waals surface area contributed by atoms with Gasteiger partial charge in [-0.3, -0.25) is 15.0 Å². The highest BCUT2D eigenvalue weighted by atomic mass is 19.4. The third-order valence-electron chi connectivity index (χ3n) is 8.29. The molecule has 0 bridgehead atoms. The van der Waals surface area contributed by atoms with E-state index in [-0.39, 0.29) is 23.7 Å². The highest BCUT2D eigenvalue weighted by molar-refractivity contribution is 5.78. The zero-order chi connectivity index (χ0) is 29.9. The molecule has 1 saturated heterocycles. The maximum Gasteiger partial charge on any atom is 0.416 e. The van der Waals surface area contributed by atoms with Gasteiger partial charge in [0, 0.05) is 24.2 Å². The van der Waals surface area contributed by atoms with E-state index in [1.54, 1.807) is 0 Å². The highest BCUT2D eigenvalue weighted by Gasteiger charge is 2.48. The van der Waals surface area contributed by atoms with Crippen molar-refractivity contribution in [3.63, 3.8) is 0 Å². The molecule has 7 nitrogen and oxygen atoms in total. The molecule has 41 heavy (non-hydrogen) atoms. The van der Waals surface area contributed by atoms with Crippen LogP contribution in [0.25, 0.3) is 5.57 Å². The van der Waals surface area contributed by atoms with Crippen LogP contribution < -0.4 is 4.74 Å². The summed E-state index contributed by atoms with van der Waals surface area (Å²) in [5.74, 6) is 0.411. The number of rotatable bonds is 6. The molecule has 13 heteroatoms. The number of amides is 1. The Labute approximate surface area is 230 Å². The van der Waals surface area contributed by atoms with Gasteiger partial charge in [0.2, 0.25) is 0 Å². The molecule has 1 aliphatic heterocycles. The number of nitro groups is 1. The van der Waals surface area contributed by atoms with E-state index in [0.717, 1.165) is 30.4 Å². The second kappa shape index (κ2) is 9.95. The molecular formula is C28H26F6N2O5. The molecule has 1 saturated carbocycles. The molecule has 1 amide bonds. The Kier molecular flexibility index (Phi) is 6.98. The monoisotopic (exact) mass is 584 g/mol. The zero-order valence-corrected chi connectivity index (χ0v) is 22.1. The fourth-order valence-electron chi connectivity index (χ4n) is 5.85. The van der Waals surface area contributed by atoms with E-state index in [0.29, 0.717) is 36.3 Å². The van der Waals surface area contributed by atoms with Gasteiger partial charge in [-0.15, -0.1) is 0 Å². The molecule has 0 radical (unpaired) electrons. The summed E-state index contributed by atoms with van der Waals surface area (Å²) >= 11 is 0. The van der Waals surface area contributed by atoms with Gasteiger partial charge in [0.25, 0.3) is 5.69 Å². The maximum atomic E-state index is 13.5. The summed E-state index contributed by atoms with van der Waals surface area (Å²) in [6.45, 7) is 1.51. The molecule has 2 fully saturated rings. The van der Waals surface area contributed by atoms with Crippen molar-refractivity contribution < 1.29 is 45.5 Å². The van der Waals surface area contributed by atoms with Crippen LogP contribution in [0.3, 0.4) is 0 Å². The Morgan fingerprint density at radius 3 is 2.22 bits per heavy atom. The van der Waals surface area contributed by atoms with Gasteiger partial charge >= 0.3 is 18.4 Å². The number of carbonyl (C=O) groups excluding carboxylic acids is 1. The normalized spacial score (nSPS) is 22.2.